The number of carbonyl (C=O) groups is 3. The fourth-order valence-corrected chi connectivity index (χ4v) is 3.21. The van der Waals surface area contributed by atoms with Crippen LogP contribution >= 0.6 is 0 Å². The molecule has 0 aromatic rings. The Balaban J connectivity index is 2.46. The van der Waals surface area contributed by atoms with E-state index in [1.807, 2.05) is 0 Å². The number of aliphatic carboxylic acids is 2. The van der Waals surface area contributed by atoms with Crippen molar-refractivity contribution in [2.75, 3.05) is 13.1 Å². The highest BCUT2D eigenvalue weighted by molar-refractivity contribution is 5.88. The van der Waals surface area contributed by atoms with Crippen LogP contribution < -0.4 is 11.1 Å². The number of amides is 1. The normalized spacial score (nSPS) is 19.6. The van der Waals surface area contributed by atoms with Crippen LogP contribution in [0.2, 0.25) is 0 Å². The van der Waals surface area contributed by atoms with Gasteiger partial charge in [-0.05, 0) is 39.2 Å². The Hall–Kier alpha value is -1.67. The van der Waals surface area contributed by atoms with Crippen molar-refractivity contribution >= 4 is 17.8 Å². The summed E-state index contributed by atoms with van der Waals surface area (Å²) in [7, 11) is 0. The van der Waals surface area contributed by atoms with E-state index in [0.717, 1.165) is 32.1 Å². The van der Waals surface area contributed by atoms with Crippen molar-refractivity contribution in [3.8, 4) is 0 Å². The summed E-state index contributed by atoms with van der Waals surface area (Å²) in [6.07, 6.45) is 6.27. The van der Waals surface area contributed by atoms with Crippen molar-refractivity contribution in [3.63, 3.8) is 0 Å². The standard InChI is InChI=1S/C17H31N3O5/c1-12(15(21)20-11-7-9-14(20)17(24)25)19-13(16(22)23)8-5-3-2-4-6-10-18/h12-14,19H,2-11,18H2,1H3,(H,22,23)(H,24,25)/t12-,13+,14-/m0/s1. The van der Waals surface area contributed by atoms with Gasteiger partial charge in [0.1, 0.15) is 12.1 Å². The first-order valence-corrected chi connectivity index (χ1v) is 9.10. The molecule has 5 N–H and O–H groups in total. The van der Waals surface area contributed by atoms with Crippen molar-refractivity contribution in [1.82, 2.24) is 10.2 Å². The van der Waals surface area contributed by atoms with Crippen LogP contribution in [0.4, 0.5) is 0 Å². The molecule has 0 aliphatic carbocycles. The maximum Gasteiger partial charge on any atom is 0.326 e. The lowest BCUT2D eigenvalue weighted by Crippen LogP contribution is -2.53. The highest BCUT2D eigenvalue weighted by atomic mass is 16.4. The van der Waals surface area contributed by atoms with Gasteiger partial charge in [0.25, 0.3) is 0 Å². The average Bonchev–Trinajstić information content (AvgIpc) is 3.05. The second-order valence-corrected chi connectivity index (χ2v) is 6.65. The van der Waals surface area contributed by atoms with E-state index in [0.29, 0.717) is 32.4 Å². The molecule has 1 heterocycles. The smallest absolute Gasteiger partial charge is 0.326 e. The predicted octanol–water partition coefficient (Wildman–Crippen LogP) is 0.793. The zero-order valence-corrected chi connectivity index (χ0v) is 14.9. The number of rotatable bonds is 12. The summed E-state index contributed by atoms with van der Waals surface area (Å²) in [5.74, 6) is -2.35. The Kier molecular flexibility index (Phi) is 9.44. The van der Waals surface area contributed by atoms with Crippen LogP contribution in [0.15, 0.2) is 0 Å². The Morgan fingerprint density at radius 2 is 1.80 bits per heavy atom. The summed E-state index contributed by atoms with van der Waals surface area (Å²) >= 11 is 0. The number of unbranched alkanes of at least 4 members (excludes halogenated alkanes) is 4. The highest BCUT2D eigenvalue weighted by Gasteiger charge is 2.36. The summed E-state index contributed by atoms with van der Waals surface area (Å²) in [5.41, 5.74) is 5.43. The van der Waals surface area contributed by atoms with E-state index in [-0.39, 0.29) is 5.91 Å². The largest absolute Gasteiger partial charge is 0.480 e. The molecule has 0 spiro atoms. The molecule has 0 unspecified atom stereocenters. The fraction of sp³-hybridized carbons (Fsp3) is 0.824. The van der Waals surface area contributed by atoms with Crippen molar-refractivity contribution in [2.45, 2.75) is 76.4 Å². The number of hydrogen-bond acceptors (Lipinski definition) is 5. The Morgan fingerprint density at radius 3 is 2.40 bits per heavy atom. The second-order valence-electron chi connectivity index (χ2n) is 6.65. The van der Waals surface area contributed by atoms with Crippen LogP contribution in [0.3, 0.4) is 0 Å². The molecule has 1 aliphatic heterocycles. The molecule has 0 aromatic heterocycles. The zero-order chi connectivity index (χ0) is 18.8. The number of carboxylic acids is 2. The molecule has 1 fully saturated rings. The van der Waals surface area contributed by atoms with Crippen LogP contribution in [-0.4, -0.2) is 64.2 Å². The Morgan fingerprint density at radius 1 is 1.16 bits per heavy atom. The van der Waals surface area contributed by atoms with Gasteiger partial charge in [-0.15, -0.1) is 0 Å². The molecular weight excluding hydrogens is 326 g/mol. The molecule has 8 nitrogen and oxygen atoms in total. The van der Waals surface area contributed by atoms with E-state index in [1.165, 1.54) is 4.90 Å². The van der Waals surface area contributed by atoms with E-state index >= 15 is 0 Å². The minimum absolute atomic E-state index is 0.348. The van der Waals surface area contributed by atoms with Crippen LogP contribution in [0.5, 0.6) is 0 Å². The SMILES string of the molecule is C[C@H](N[C@H](CCCCCCCN)C(=O)O)C(=O)N1CCC[C@H]1C(=O)O. The van der Waals surface area contributed by atoms with Crippen LogP contribution in [0.1, 0.15) is 58.3 Å². The molecule has 0 aromatic carbocycles. The topological polar surface area (TPSA) is 133 Å². The van der Waals surface area contributed by atoms with Crippen molar-refractivity contribution < 1.29 is 24.6 Å². The number of nitrogens with two attached hydrogens (primary N) is 1. The Bertz CT molecular complexity index is 458. The molecule has 144 valence electrons. The fourth-order valence-electron chi connectivity index (χ4n) is 3.21. The van der Waals surface area contributed by atoms with Crippen molar-refractivity contribution in [2.24, 2.45) is 5.73 Å². The predicted molar refractivity (Wildman–Crippen MR) is 93.1 cm³/mol. The number of hydrogen-bond donors (Lipinski definition) is 4. The average molecular weight is 357 g/mol. The van der Waals surface area contributed by atoms with E-state index in [9.17, 15) is 24.6 Å². The molecule has 8 heteroatoms. The summed E-state index contributed by atoms with van der Waals surface area (Å²) in [4.78, 5) is 36.4. The third-order valence-electron chi connectivity index (χ3n) is 4.64. The lowest BCUT2D eigenvalue weighted by molar-refractivity contribution is -0.149. The minimum Gasteiger partial charge on any atom is -0.480 e. The van der Waals surface area contributed by atoms with Crippen molar-refractivity contribution in [3.05, 3.63) is 0 Å². The van der Waals surface area contributed by atoms with Gasteiger partial charge in [0, 0.05) is 6.54 Å². The monoisotopic (exact) mass is 357 g/mol. The summed E-state index contributed by atoms with van der Waals surface area (Å²) < 4.78 is 0. The van der Waals surface area contributed by atoms with Gasteiger partial charge in [0.2, 0.25) is 5.91 Å². The van der Waals surface area contributed by atoms with Gasteiger partial charge in [-0.3, -0.25) is 14.9 Å². The van der Waals surface area contributed by atoms with Crippen LogP contribution in [0.25, 0.3) is 0 Å². The zero-order valence-electron chi connectivity index (χ0n) is 14.9. The van der Waals surface area contributed by atoms with Gasteiger partial charge in [0.05, 0.1) is 6.04 Å². The second kappa shape index (κ2) is 11.0. The van der Waals surface area contributed by atoms with E-state index in [4.69, 9.17) is 5.73 Å². The molecule has 0 bridgehead atoms. The Labute approximate surface area is 148 Å². The summed E-state index contributed by atoms with van der Waals surface area (Å²) in [6, 6.07) is -2.33. The first-order chi connectivity index (χ1) is 11.9. The molecular formula is C17H31N3O5. The summed E-state index contributed by atoms with van der Waals surface area (Å²) in [5, 5.41) is 21.4. The number of carboxylic acid groups (broad SMARTS) is 2. The number of nitrogens with one attached hydrogen (secondary N) is 1. The van der Waals surface area contributed by atoms with Crippen LogP contribution in [-0.2, 0) is 14.4 Å². The lowest BCUT2D eigenvalue weighted by atomic mass is 10.1. The maximum absolute atomic E-state index is 12.5. The van der Waals surface area contributed by atoms with Crippen molar-refractivity contribution in [1.29, 1.82) is 0 Å². The number of nitrogens with zero attached hydrogens (tertiary/aromatic N) is 1. The third-order valence-corrected chi connectivity index (χ3v) is 4.64. The van der Waals surface area contributed by atoms with Crippen LogP contribution in [0, 0.1) is 0 Å². The van der Waals surface area contributed by atoms with Gasteiger partial charge in [0.15, 0.2) is 0 Å². The molecule has 1 amide bonds. The van der Waals surface area contributed by atoms with Gasteiger partial charge >= 0.3 is 11.9 Å². The first-order valence-electron chi connectivity index (χ1n) is 9.10. The molecule has 0 saturated carbocycles. The quantitative estimate of drug-likeness (QED) is 0.380. The number of carbonyl (C=O) groups excluding carboxylic acids is 1. The molecule has 3 atom stereocenters. The maximum atomic E-state index is 12.5. The van der Waals surface area contributed by atoms with E-state index in [2.05, 4.69) is 5.32 Å². The third kappa shape index (κ3) is 6.99. The molecule has 1 aliphatic rings. The minimum atomic E-state index is -1.01. The number of likely N-dealkylation sites (tertiary alicyclic amines) is 1. The lowest BCUT2D eigenvalue weighted by Gasteiger charge is -2.27. The summed E-state index contributed by atoms with van der Waals surface area (Å²) in [6.45, 7) is 2.67. The first kappa shape index (κ1) is 21.4. The molecule has 1 rings (SSSR count). The molecule has 25 heavy (non-hydrogen) atoms. The molecule has 0 radical (unpaired) electrons. The molecule has 1 saturated heterocycles. The van der Waals surface area contributed by atoms with E-state index < -0.39 is 30.1 Å². The van der Waals surface area contributed by atoms with Gasteiger partial charge < -0.3 is 20.8 Å². The van der Waals surface area contributed by atoms with Gasteiger partial charge in [-0.25, -0.2) is 4.79 Å². The van der Waals surface area contributed by atoms with Gasteiger partial charge in [-0.2, -0.15) is 0 Å². The van der Waals surface area contributed by atoms with Gasteiger partial charge in [-0.1, -0.05) is 25.7 Å². The van der Waals surface area contributed by atoms with E-state index in [1.54, 1.807) is 6.92 Å². The highest BCUT2D eigenvalue weighted by Crippen LogP contribution is 2.19.